The van der Waals surface area contributed by atoms with E-state index >= 15 is 0 Å². The summed E-state index contributed by atoms with van der Waals surface area (Å²) in [7, 11) is 0. The molecule has 1 rings (SSSR count). The van der Waals surface area contributed by atoms with Crippen LogP contribution in [0.3, 0.4) is 0 Å². The molecule has 1 aliphatic rings. The predicted octanol–water partition coefficient (Wildman–Crippen LogP) is -2.44. The first kappa shape index (κ1) is 7.01. The van der Waals surface area contributed by atoms with Gasteiger partial charge in [-0.3, -0.25) is 9.59 Å². The molecule has 56 valence electrons. The summed E-state index contributed by atoms with van der Waals surface area (Å²) in [6, 6.07) is -0.541. The van der Waals surface area contributed by atoms with Crippen LogP contribution >= 0.6 is 0 Å². The van der Waals surface area contributed by atoms with Gasteiger partial charge in [0.1, 0.15) is 6.04 Å². The van der Waals surface area contributed by atoms with Crippen LogP contribution in [0.2, 0.25) is 0 Å². The average Bonchev–Trinajstić information content (AvgIpc) is 1.94. The fourth-order valence-corrected chi connectivity index (χ4v) is 0.767. The minimum absolute atomic E-state index is 0.0648. The molecule has 1 saturated heterocycles. The SMILES string of the molecule is NC[C@H]1NC(=O)CNC1=O. The van der Waals surface area contributed by atoms with Crippen LogP contribution in [0.25, 0.3) is 0 Å². The topological polar surface area (TPSA) is 84.2 Å². The average molecular weight is 143 g/mol. The molecule has 1 aliphatic heterocycles. The Bertz CT molecular complexity index is 168. The van der Waals surface area contributed by atoms with Crippen molar-refractivity contribution in [3.05, 3.63) is 0 Å². The Balaban J connectivity index is 2.53. The van der Waals surface area contributed by atoms with Gasteiger partial charge in [-0.1, -0.05) is 0 Å². The van der Waals surface area contributed by atoms with E-state index in [9.17, 15) is 9.59 Å². The molecule has 1 fully saturated rings. The Labute approximate surface area is 58.0 Å². The monoisotopic (exact) mass is 143 g/mol. The van der Waals surface area contributed by atoms with Gasteiger partial charge >= 0.3 is 0 Å². The minimum atomic E-state index is -0.541. The molecule has 0 aromatic rings. The number of nitrogens with two attached hydrogens (primary N) is 1. The van der Waals surface area contributed by atoms with Gasteiger partial charge < -0.3 is 16.4 Å². The van der Waals surface area contributed by atoms with Gasteiger partial charge in [0.15, 0.2) is 0 Å². The Morgan fingerprint density at radius 3 is 2.80 bits per heavy atom. The predicted molar refractivity (Wildman–Crippen MR) is 34.0 cm³/mol. The summed E-state index contributed by atoms with van der Waals surface area (Å²) in [5.74, 6) is -0.392. The maximum atomic E-state index is 10.8. The fraction of sp³-hybridized carbons (Fsp3) is 0.600. The van der Waals surface area contributed by atoms with E-state index < -0.39 is 6.04 Å². The molecule has 5 nitrogen and oxygen atoms in total. The number of nitrogens with one attached hydrogen (secondary N) is 2. The highest BCUT2D eigenvalue weighted by Gasteiger charge is 2.23. The third-order valence-electron chi connectivity index (χ3n) is 1.31. The molecule has 1 atom stereocenters. The first-order valence-corrected chi connectivity index (χ1v) is 3.01. The summed E-state index contributed by atoms with van der Waals surface area (Å²) >= 11 is 0. The van der Waals surface area contributed by atoms with E-state index in [1.165, 1.54) is 0 Å². The van der Waals surface area contributed by atoms with Crippen molar-refractivity contribution in [2.24, 2.45) is 5.73 Å². The first-order chi connectivity index (χ1) is 4.74. The van der Waals surface area contributed by atoms with Gasteiger partial charge in [0.05, 0.1) is 6.54 Å². The molecular formula is C5H9N3O2. The molecule has 0 radical (unpaired) electrons. The molecule has 2 amide bonds. The number of carbonyl (C=O) groups excluding carboxylic acids is 2. The summed E-state index contributed by atoms with van der Waals surface area (Å²) in [5, 5.41) is 4.84. The van der Waals surface area contributed by atoms with Gasteiger partial charge in [-0.15, -0.1) is 0 Å². The zero-order chi connectivity index (χ0) is 7.56. The van der Waals surface area contributed by atoms with Crippen molar-refractivity contribution < 1.29 is 9.59 Å². The molecule has 0 saturated carbocycles. The fourth-order valence-electron chi connectivity index (χ4n) is 0.767. The number of carbonyl (C=O) groups is 2. The van der Waals surface area contributed by atoms with E-state index in [2.05, 4.69) is 10.6 Å². The van der Waals surface area contributed by atoms with Gasteiger partial charge in [-0.2, -0.15) is 0 Å². The molecule has 5 heteroatoms. The summed E-state index contributed by atoms with van der Waals surface area (Å²) in [4.78, 5) is 21.4. The number of hydrogen-bond acceptors (Lipinski definition) is 3. The van der Waals surface area contributed by atoms with Crippen molar-refractivity contribution in [2.75, 3.05) is 13.1 Å². The molecule has 0 aliphatic carbocycles. The third kappa shape index (κ3) is 1.24. The van der Waals surface area contributed by atoms with Crippen LogP contribution in [0.15, 0.2) is 0 Å². The highest BCUT2D eigenvalue weighted by Crippen LogP contribution is 1.86. The maximum absolute atomic E-state index is 10.8. The Morgan fingerprint density at radius 2 is 2.30 bits per heavy atom. The van der Waals surface area contributed by atoms with Crippen LogP contribution < -0.4 is 16.4 Å². The molecule has 10 heavy (non-hydrogen) atoms. The highest BCUT2D eigenvalue weighted by atomic mass is 16.2. The lowest BCUT2D eigenvalue weighted by Crippen LogP contribution is -2.58. The Kier molecular flexibility index (Phi) is 1.86. The minimum Gasteiger partial charge on any atom is -0.345 e. The smallest absolute Gasteiger partial charge is 0.244 e. The zero-order valence-electron chi connectivity index (χ0n) is 5.39. The Hall–Kier alpha value is -1.10. The van der Waals surface area contributed by atoms with Crippen molar-refractivity contribution in [1.29, 1.82) is 0 Å². The second-order valence-electron chi connectivity index (χ2n) is 2.07. The number of piperazine rings is 1. The standard InChI is InChI=1S/C5H9N3O2/c6-1-3-5(10)7-2-4(9)8-3/h3H,1-2,6H2,(H,7,10)(H,8,9)/t3-/m1/s1. The van der Waals surface area contributed by atoms with E-state index in [1.54, 1.807) is 0 Å². The van der Waals surface area contributed by atoms with Crippen LogP contribution in [0, 0.1) is 0 Å². The van der Waals surface area contributed by atoms with Crippen LogP contribution in [0.1, 0.15) is 0 Å². The second-order valence-corrected chi connectivity index (χ2v) is 2.07. The molecule has 0 aromatic carbocycles. The number of rotatable bonds is 1. The van der Waals surface area contributed by atoms with Crippen LogP contribution in [0.5, 0.6) is 0 Å². The molecule has 0 unspecified atom stereocenters. The lowest BCUT2D eigenvalue weighted by molar-refractivity contribution is -0.133. The van der Waals surface area contributed by atoms with Gasteiger partial charge in [-0.25, -0.2) is 0 Å². The van der Waals surface area contributed by atoms with Crippen LogP contribution in [-0.2, 0) is 9.59 Å². The highest BCUT2D eigenvalue weighted by molar-refractivity contribution is 5.94. The quantitative estimate of drug-likeness (QED) is 0.381. The number of amides is 2. The lowest BCUT2D eigenvalue weighted by Gasteiger charge is -2.21. The van der Waals surface area contributed by atoms with Crippen LogP contribution in [-0.4, -0.2) is 30.9 Å². The molecule has 0 spiro atoms. The number of hydrogen-bond donors (Lipinski definition) is 3. The van der Waals surface area contributed by atoms with Gasteiger partial charge in [0.25, 0.3) is 0 Å². The molecule has 0 aromatic heterocycles. The van der Waals surface area contributed by atoms with Crippen molar-refractivity contribution in [3.63, 3.8) is 0 Å². The van der Waals surface area contributed by atoms with Crippen molar-refractivity contribution in [1.82, 2.24) is 10.6 Å². The molecule has 1 heterocycles. The maximum Gasteiger partial charge on any atom is 0.244 e. The molecular weight excluding hydrogens is 134 g/mol. The molecule has 0 bridgehead atoms. The summed E-state index contributed by atoms with van der Waals surface area (Å²) in [5.41, 5.74) is 5.18. The summed E-state index contributed by atoms with van der Waals surface area (Å²) in [6.45, 7) is 0.215. The van der Waals surface area contributed by atoms with Gasteiger partial charge in [0, 0.05) is 6.54 Å². The lowest BCUT2D eigenvalue weighted by atomic mass is 10.2. The summed E-state index contributed by atoms with van der Waals surface area (Å²) < 4.78 is 0. The van der Waals surface area contributed by atoms with Crippen molar-refractivity contribution >= 4 is 11.8 Å². The van der Waals surface area contributed by atoms with E-state index in [4.69, 9.17) is 5.73 Å². The second kappa shape index (κ2) is 2.66. The van der Waals surface area contributed by atoms with Gasteiger partial charge in [-0.05, 0) is 0 Å². The summed E-state index contributed by atoms with van der Waals surface area (Å²) in [6.07, 6.45) is 0. The largest absolute Gasteiger partial charge is 0.345 e. The van der Waals surface area contributed by atoms with E-state index in [0.29, 0.717) is 0 Å². The zero-order valence-corrected chi connectivity index (χ0v) is 5.39. The van der Waals surface area contributed by atoms with Gasteiger partial charge in [0.2, 0.25) is 11.8 Å². The van der Waals surface area contributed by atoms with Crippen molar-refractivity contribution in [2.45, 2.75) is 6.04 Å². The van der Waals surface area contributed by atoms with E-state index in [0.717, 1.165) is 0 Å². The van der Waals surface area contributed by atoms with Crippen molar-refractivity contribution in [3.8, 4) is 0 Å². The van der Waals surface area contributed by atoms with E-state index in [1.807, 2.05) is 0 Å². The molecule has 4 N–H and O–H groups in total. The normalized spacial score (nSPS) is 25.5. The third-order valence-corrected chi connectivity index (χ3v) is 1.31. The Morgan fingerprint density at radius 1 is 1.60 bits per heavy atom. The van der Waals surface area contributed by atoms with Crippen LogP contribution in [0.4, 0.5) is 0 Å². The van der Waals surface area contributed by atoms with E-state index in [-0.39, 0.29) is 24.9 Å². The first-order valence-electron chi connectivity index (χ1n) is 3.01.